The summed E-state index contributed by atoms with van der Waals surface area (Å²) in [5.74, 6) is -0.208. The Kier molecular flexibility index (Phi) is 6.36. The molecule has 1 aliphatic heterocycles. The normalized spacial score (nSPS) is 17.9. The number of hydrogen-bond donors (Lipinski definition) is 1. The average molecular weight is 292 g/mol. The molecule has 0 aliphatic carbocycles. The Morgan fingerprint density at radius 3 is 2.57 bits per heavy atom. The van der Waals surface area contributed by atoms with Gasteiger partial charge in [0.1, 0.15) is 5.82 Å². The summed E-state index contributed by atoms with van der Waals surface area (Å²) in [6.45, 7) is 3.97. The number of piperidine rings is 1. The van der Waals surface area contributed by atoms with Gasteiger partial charge in [-0.15, -0.1) is 0 Å². The van der Waals surface area contributed by atoms with Gasteiger partial charge in [0.2, 0.25) is 0 Å². The van der Waals surface area contributed by atoms with Crippen molar-refractivity contribution >= 4 is 6.08 Å². The predicted octanol–water partition coefficient (Wildman–Crippen LogP) is 2.23. The lowest BCUT2D eigenvalue weighted by molar-refractivity contribution is 0.110. The van der Waals surface area contributed by atoms with Gasteiger partial charge in [0, 0.05) is 19.1 Å². The van der Waals surface area contributed by atoms with Gasteiger partial charge in [-0.05, 0) is 50.7 Å². The van der Waals surface area contributed by atoms with Crippen molar-refractivity contribution in [3.05, 3.63) is 41.7 Å². The molecule has 0 spiro atoms. The monoisotopic (exact) mass is 292 g/mol. The van der Waals surface area contributed by atoms with E-state index in [1.54, 1.807) is 12.1 Å². The Morgan fingerprint density at radius 1 is 1.29 bits per heavy atom. The molecule has 1 aromatic carbocycles. The lowest BCUT2D eigenvalue weighted by Gasteiger charge is -2.36. The summed E-state index contributed by atoms with van der Waals surface area (Å²) in [5, 5.41) is 9.25. The molecule has 1 aliphatic rings. The Labute approximate surface area is 126 Å². The molecule has 0 aromatic heterocycles. The lowest BCUT2D eigenvalue weighted by Crippen LogP contribution is -2.44. The number of rotatable bonds is 6. The van der Waals surface area contributed by atoms with Crippen molar-refractivity contribution in [2.24, 2.45) is 0 Å². The predicted molar refractivity (Wildman–Crippen MR) is 84.6 cm³/mol. The SMILES string of the molecule is CN1CCC(N(C/C=C/c2ccc(F)cc2)CCO)CC1. The van der Waals surface area contributed by atoms with Crippen LogP contribution in [-0.4, -0.2) is 60.8 Å². The molecule has 116 valence electrons. The van der Waals surface area contributed by atoms with Crippen LogP contribution in [0.5, 0.6) is 0 Å². The van der Waals surface area contributed by atoms with E-state index >= 15 is 0 Å². The molecule has 4 heteroatoms. The van der Waals surface area contributed by atoms with Gasteiger partial charge in [0.05, 0.1) is 6.61 Å². The van der Waals surface area contributed by atoms with Crippen LogP contribution in [0.2, 0.25) is 0 Å². The first-order valence-corrected chi connectivity index (χ1v) is 7.64. The molecule has 2 rings (SSSR count). The molecule has 0 amide bonds. The van der Waals surface area contributed by atoms with E-state index in [4.69, 9.17) is 0 Å². The zero-order valence-corrected chi connectivity index (χ0v) is 12.7. The highest BCUT2D eigenvalue weighted by atomic mass is 19.1. The lowest BCUT2D eigenvalue weighted by atomic mass is 10.0. The molecular weight excluding hydrogens is 267 g/mol. The van der Waals surface area contributed by atoms with E-state index in [2.05, 4.69) is 22.9 Å². The molecule has 0 saturated carbocycles. The highest BCUT2D eigenvalue weighted by Gasteiger charge is 2.21. The van der Waals surface area contributed by atoms with Crippen LogP contribution in [0, 0.1) is 5.82 Å². The first-order valence-electron chi connectivity index (χ1n) is 7.64. The third kappa shape index (κ3) is 5.23. The second-order valence-corrected chi connectivity index (χ2v) is 5.71. The van der Waals surface area contributed by atoms with Crippen LogP contribution >= 0.6 is 0 Å². The second kappa shape index (κ2) is 8.27. The molecule has 0 radical (unpaired) electrons. The standard InChI is InChI=1S/C17H25FN2O/c1-19-11-8-17(9-12-19)20(13-14-21)10-2-3-15-4-6-16(18)7-5-15/h2-7,17,21H,8-14H2,1H3/b3-2+. The van der Waals surface area contributed by atoms with Gasteiger partial charge in [-0.25, -0.2) is 4.39 Å². The Morgan fingerprint density at radius 2 is 1.95 bits per heavy atom. The van der Waals surface area contributed by atoms with Gasteiger partial charge in [-0.1, -0.05) is 24.3 Å². The van der Waals surface area contributed by atoms with Gasteiger partial charge < -0.3 is 10.0 Å². The van der Waals surface area contributed by atoms with Crippen LogP contribution < -0.4 is 0 Å². The molecule has 0 unspecified atom stereocenters. The molecule has 21 heavy (non-hydrogen) atoms. The summed E-state index contributed by atoms with van der Waals surface area (Å²) >= 11 is 0. The molecule has 1 heterocycles. The van der Waals surface area contributed by atoms with Gasteiger partial charge in [-0.2, -0.15) is 0 Å². The van der Waals surface area contributed by atoms with Crippen molar-refractivity contribution in [3.63, 3.8) is 0 Å². The van der Waals surface area contributed by atoms with Crippen molar-refractivity contribution in [1.29, 1.82) is 0 Å². The first kappa shape index (κ1) is 16.1. The summed E-state index contributed by atoms with van der Waals surface area (Å²) in [7, 11) is 2.15. The molecule has 1 saturated heterocycles. The van der Waals surface area contributed by atoms with Crippen molar-refractivity contribution < 1.29 is 9.50 Å². The maximum atomic E-state index is 12.8. The number of halogens is 1. The maximum Gasteiger partial charge on any atom is 0.123 e. The van der Waals surface area contributed by atoms with Crippen LogP contribution in [0.3, 0.4) is 0 Å². The number of aliphatic hydroxyl groups is 1. The molecular formula is C17H25FN2O. The minimum Gasteiger partial charge on any atom is -0.395 e. The Hall–Kier alpha value is -1.23. The molecule has 1 aromatic rings. The Balaban J connectivity index is 1.88. The summed E-state index contributed by atoms with van der Waals surface area (Å²) in [6.07, 6.45) is 6.42. The average Bonchev–Trinajstić information content (AvgIpc) is 2.49. The quantitative estimate of drug-likeness (QED) is 0.871. The summed E-state index contributed by atoms with van der Waals surface area (Å²) in [4.78, 5) is 4.69. The van der Waals surface area contributed by atoms with Gasteiger partial charge in [0.25, 0.3) is 0 Å². The number of benzene rings is 1. The number of hydrogen-bond acceptors (Lipinski definition) is 3. The largest absolute Gasteiger partial charge is 0.395 e. The maximum absolute atomic E-state index is 12.8. The zero-order valence-electron chi connectivity index (χ0n) is 12.7. The fraction of sp³-hybridized carbons (Fsp3) is 0.529. The van der Waals surface area contributed by atoms with Crippen LogP contribution in [0.4, 0.5) is 4.39 Å². The Bertz CT molecular complexity index is 439. The third-order valence-electron chi connectivity index (χ3n) is 4.11. The molecule has 3 nitrogen and oxygen atoms in total. The van der Waals surface area contributed by atoms with Crippen LogP contribution in [0.1, 0.15) is 18.4 Å². The second-order valence-electron chi connectivity index (χ2n) is 5.71. The minimum absolute atomic E-state index is 0.191. The fourth-order valence-corrected chi connectivity index (χ4v) is 2.81. The third-order valence-corrected chi connectivity index (χ3v) is 4.11. The number of nitrogens with zero attached hydrogens (tertiary/aromatic N) is 2. The van der Waals surface area contributed by atoms with Crippen molar-refractivity contribution in [2.75, 3.05) is 39.8 Å². The highest BCUT2D eigenvalue weighted by Crippen LogP contribution is 2.15. The van der Waals surface area contributed by atoms with Crippen molar-refractivity contribution in [2.45, 2.75) is 18.9 Å². The number of aliphatic hydroxyl groups excluding tert-OH is 1. The van der Waals surface area contributed by atoms with Gasteiger partial charge >= 0.3 is 0 Å². The van der Waals surface area contributed by atoms with E-state index < -0.39 is 0 Å². The van der Waals surface area contributed by atoms with E-state index in [1.165, 1.54) is 12.1 Å². The summed E-state index contributed by atoms with van der Waals surface area (Å²) in [5.41, 5.74) is 1.00. The smallest absolute Gasteiger partial charge is 0.123 e. The van der Waals surface area contributed by atoms with E-state index in [0.717, 1.165) is 38.0 Å². The fourth-order valence-electron chi connectivity index (χ4n) is 2.81. The summed E-state index contributed by atoms with van der Waals surface area (Å²) < 4.78 is 12.8. The molecule has 1 fully saturated rings. The van der Waals surface area contributed by atoms with Crippen molar-refractivity contribution in [3.8, 4) is 0 Å². The van der Waals surface area contributed by atoms with Crippen LogP contribution in [0.25, 0.3) is 6.08 Å². The molecule has 0 atom stereocenters. The van der Waals surface area contributed by atoms with E-state index in [0.29, 0.717) is 12.6 Å². The van der Waals surface area contributed by atoms with E-state index in [9.17, 15) is 9.50 Å². The van der Waals surface area contributed by atoms with Gasteiger partial charge in [-0.3, -0.25) is 4.90 Å². The van der Waals surface area contributed by atoms with Crippen LogP contribution in [0.15, 0.2) is 30.3 Å². The van der Waals surface area contributed by atoms with E-state index in [-0.39, 0.29) is 12.4 Å². The number of likely N-dealkylation sites (tertiary alicyclic amines) is 1. The first-order chi connectivity index (χ1) is 10.2. The van der Waals surface area contributed by atoms with Gasteiger partial charge in [0.15, 0.2) is 0 Å². The van der Waals surface area contributed by atoms with E-state index in [1.807, 2.05) is 6.08 Å². The topological polar surface area (TPSA) is 26.7 Å². The van der Waals surface area contributed by atoms with Crippen LogP contribution in [-0.2, 0) is 0 Å². The minimum atomic E-state index is -0.208. The zero-order chi connectivity index (χ0) is 15.1. The van der Waals surface area contributed by atoms with Crippen molar-refractivity contribution in [1.82, 2.24) is 9.80 Å². The molecule has 1 N–H and O–H groups in total. The summed E-state index contributed by atoms with van der Waals surface area (Å²) in [6, 6.07) is 7.05. The highest BCUT2D eigenvalue weighted by molar-refractivity contribution is 5.48. The molecule has 0 bridgehead atoms.